The summed E-state index contributed by atoms with van der Waals surface area (Å²) in [6, 6.07) is 7.97. The molecule has 0 aliphatic carbocycles. The molecule has 0 saturated carbocycles. The van der Waals surface area contributed by atoms with Gasteiger partial charge in [0.15, 0.2) is 5.82 Å². The first-order chi connectivity index (χ1) is 17.4. The number of carbonyl (C=O) groups excluding carboxylic acids is 1. The van der Waals surface area contributed by atoms with E-state index in [4.69, 9.17) is 0 Å². The summed E-state index contributed by atoms with van der Waals surface area (Å²) < 4.78 is 0. The smallest absolute Gasteiger partial charge is 0.239 e. The van der Waals surface area contributed by atoms with Crippen molar-refractivity contribution in [3.05, 3.63) is 63.3 Å². The summed E-state index contributed by atoms with van der Waals surface area (Å²) in [4.78, 5) is 17.0. The second kappa shape index (κ2) is 11.4. The molecule has 0 radical (unpaired) electrons. The van der Waals surface area contributed by atoms with Crippen LogP contribution in [0, 0.1) is 25.2 Å². The van der Waals surface area contributed by atoms with Crippen LogP contribution in [-0.2, 0) is 11.3 Å². The Bertz CT molecular complexity index is 1300. The van der Waals surface area contributed by atoms with Gasteiger partial charge in [-0.2, -0.15) is 10.4 Å². The summed E-state index contributed by atoms with van der Waals surface area (Å²) in [5.74, 6) is 0.901. The van der Waals surface area contributed by atoms with E-state index in [2.05, 4.69) is 44.5 Å². The minimum Gasteiger partial charge on any atom is -0.368 e. The number of nitriles is 1. The first-order valence-corrected chi connectivity index (χ1v) is 12.6. The van der Waals surface area contributed by atoms with E-state index in [0.717, 1.165) is 65.4 Å². The molecule has 2 aliphatic heterocycles. The maximum Gasteiger partial charge on any atom is 0.239 e. The third-order valence-electron chi connectivity index (χ3n) is 7.20. The molecule has 3 heterocycles. The van der Waals surface area contributed by atoms with E-state index in [-0.39, 0.29) is 11.9 Å². The minimum absolute atomic E-state index is 0.0223. The molecular weight excluding hydrogens is 450 g/mol. The fourth-order valence-corrected chi connectivity index (χ4v) is 4.96. The van der Waals surface area contributed by atoms with Crippen molar-refractivity contribution in [1.82, 2.24) is 25.3 Å². The predicted octanol–water partition coefficient (Wildman–Crippen LogP) is 1.57. The van der Waals surface area contributed by atoms with E-state index >= 15 is 0 Å². The monoisotopic (exact) mass is 485 g/mol. The average molecular weight is 486 g/mol. The molecule has 2 aliphatic rings. The normalized spacial score (nSPS) is 18.9. The molecule has 8 heteroatoms. The van der Waals surface area contributed by atoms with Crippen molar-refractivity contribution in [2.24, 2.45) is 0 Å². The third-order valence-corrected chi connectivity index (χ3v) is 7.20. The van der Waals surface area contributed by atoms with Crippen LogP contribution in [0.15, 0.2) is 30.5 Å². The molecule has 8 nitrogen and oxygen atoms in total. The van der Waals surface area contributed by atoms with E-state index < -0.39 is 0 Å². The molecule has 2 N–H and O–H groups in total. The number of rotatable bonds is 6. The van der Waals surface area contributed by atoms with Gasteiger partial charge in [0.05, 0.1) is 23.4 Å². The second-order valence-electron chi connectivity index (χ2n) is 9.40. The lowest BCUT2D eigenvalue weighted by Gasteiger charge is -2.37. The second-order valence-corrected chi connectivity index (χ2v) is 9.40. The van der Waals surface area contributed by atoms with Crippen LogP contribution in [0.25, 0.3) is 12.2 Å². The van der Waals surface area contributed by atoms with Crippen molar-refractivity contribution >= 4 is 23.9 Å². The van der Waals surface area contributed by atoms with Crippen molar-refractivity contribution in [2.45, 2.75) is 46.2 Å². The van der Waals surface area contributed by atoms with Crippen LogP contribution in [-0.4, -0.2) is 64.7 Å². The van der Waals surface area contributed by atoms with E-state index in [0.29, 0.717) is 31.0 Å². The number of aromatic nitrogens is 2. The van der Waals surface area contributed by atoms with Crippen LogP contribution in [0.4, 0.5) is 5.82 Å². The molecule has 2 fully saturated rings. The molecule has 1 unspecified atom stereocenters. The van der Waals surface area contributed by atoms with Crippen LogP contribution in [0.1, 0.15) is 42.1 Å². The highest BCUT2D eigenvalue weighted by Gasteiger charge is 2.29. The lowest BCUT2D eigenvalue weighted by molar-refractivity contribution is -0.134. The Morgan fingerprint density at radius 1 is 1.22 bits per heavy atom. The Morgan fingerprint density at radius 2 is 1.97 bits per heavy atom. The Morgan fingerprint density at radius 3 is 2.64 bits per heavy atom. The summed E-state index contributed by atoms with van der Waals surface area (Å²) in [5, 5.41) is 26.9. The molecular formula is C28H35N7O. The maximum atomic E-state index is 12.8. The lowest BCUT2D eigenvalue weighted by Crippen LogP contribution is -2.52. The molecule has 0 bridgehead atoms. The van der Waals surface area contributed by atoms with E-state index in [1.807, 2.05) is 49.9 Å². The maximum absolute atomic E-state index is 12.8. The van der Waals surface area contributed by atoms with Crippen LogP contribution in [0.2, 0.25) is 0 Å². The zero-order valence-corrected chi connectivity index (χ0v) is 21.5. The van der Waals surface area contributed by atoms with Gasteiger partial charge in [-0.25, -0.2) is 0 Å². The summed E-state index contributed by atoms with van der Waals surface area (Å²) in [7, 11) is 0. The Labute approximate surface area is 213 Å². The number of benzene rings is 1. The number of aryl methyl sites for hydroxylation is 1. The van der Waals surface area contributed by atoms with E-state index in [9.17, 15) is 10.1 Å². The summed E-state index contributed by atoms with van der Waals surface area (Å²) in [5.41, 5.74) is 4.42. The molecule has 36 heavy (non-hydrogen) atoms. The van der Waals surface area contributed by atoms with Gasteiger partial charge in [0, 0.05) is 48.9 Å². The summed E-state index contributed by atoms with van der Waals surface area (Å²) in [6.45, 7) is 14.6. The molecule has 188 valence electrons. The van der Waals surface area contributed by atoms with Crippen molar-refractivity contribution in [2.75, 3.05) is 38.0 Å². The average Bonchev–Trinajstić information content (AvgIpc) is 3.44. The van der Waals surface area contributed by atoms with Gasteiger partial charge in [0.2, 0.25) is 5.91 Å². The van der Waals surface area contributed by atoms with Gasteiger partial charge < -0.3 is 20.4 Å². The van der Waals surface area contributed by atoms with Crippen LogP contribution < -0.4 is 21.1 Å². The van der Waals surface area contributed by atoms with Gasteiger partial charge in [-0.05, 0) is 63.4 Å². The van der Waals surface area contributed by atoms with Gasteiger partial charge in [0.1, 0.15) is 0 Å². The SMILES string of the molecule is C=C(/C=c1/c(NCc2cccc(C#N)c2C)nnc(C)/c1=C/C)N1CCN(C(=O)C2CCCN2)CC1. The predicted molar refractivity (Wildman–Crippen MR) is 142 cm³/mol. The zero-order chi connectivity index (χ0) is 25.7. The number of amides is 1. The first kappa shape index (κ1) is 25.4. The van der Waals surface area contributed by atoms with Gasteiger partial charge in [-0.3, -0.25) is 4.79 Å². The Kier molecular flexibility index (Phi) is 8.01. The van der Waals surface area contributed by atoms with Crippen LogP contribution in [0.5, 0.6) is 0 Å². The number of hydrogen-bond acceptors (Lipinski definition) is 7. The highest BCUT2D eigenvalue weighted by atomic mass is 16.2. The molecule has 1 aromatic carbocycles. The molecule has 2 aromatic rings. The third kappa shape index (κ3) is 5.42. The quantitative estimate of drug-likeness (QED) is 0.641. The standard InChI is InChI=1S/C28H35N7O/c1-5-24-21(4)32-33-27(31-18-23-9-6-8-22(17-29)20(23)3)25(24)16-19(2)34-12-14-35(15-13-34)28(36)26-10-7-11-30-26/h5-6,8-9,16,26,30H,2,7,10-15,18H2,1,3-4H3,(H,31,33)/b24-5-,25-16+. The number of carbonyl (C=O) groups is 1. The highest BCUT2D eigenvalue weighted by Crippen LogP contribution is 2.15. The van der Waals surface area contributed by atoms with Gasteiger partial charge >= 0.3 is 0 Å². The summed E-state index contributed by atoms with van der Waals surface area (Å²) in [6.07, 6.45) is 6.10. The van der Waals surface area contributed by atoms with E-state index in [1.54, 1.807) is 0 Å². The van der Waals surface area contributed by atoms with Crippen molar-refractivity contribution < 1.29 is 4.79 Å². The van der Waals surface area contributed by atoms with Crippen LogP contribution in [0.3, 0.4) is 0 Å². The summed E-state index contributed by atoms with van der Waals surface area (Å²) >= 11 is 0. The fourth-order valence-electron chi connectivity index (χ4n) is 4.96. The number of allylic oxidation sites excluding steroid dienone is 1. The number of anilines is 1. The highest BCUT2D eigenvalue weighted by molar-refractivity contribution is 5.82. The molecule has 1 atom stereocenters. The molecule has 1 aromatic heterocycles. The van der Waals surface area contributed by atoms with Gasteiger partial charge in [0.25, 0.3) is 0 Å². The Hall–Kier alpha value is -3.70. The number of nitrogens with one attached hydrogen (secondary N) is 2. The van der Waals surface area contributed by atoms with Crippen molar-refractivity contribution in [3.8, 4) is 6.07 Å². The topological polar surface area (TPSA) is 97.2 Å². The first-order valence-electron chi connectivity index (χ1n) is 12.6. The fraction of sp³-hybridized carbons (Fsp3) is 0.429. The van der Waals surface area contributed by atoms with Crippen molar-refractivity contribution in [1.29, 1.82) is 5.26 Å². The van der Waals surface area contributed by atoms with Gasteiger partial charge in [-0.1, -0.05) is 24.8 Å². The van der Waals surface area contributed by atoms with Gasteiger partial charge in [-0.15, -0.1) is 5.10 Å². The van der Waals surface area contributed by atoms with Crippen molar-refractivity contribution in [3.63, 3.8) is 0 Å². The number of hydrogen-bond donors (Lipinski definition) is 2. The molecule has 2 saturated heterocycles. The van der Waals surface area contributed by atoms with E-state index in [1.165, 1.54) is 0 Å². The molecule has 0 spiro atoms. The lowest BCUT2D eigenvalue weighted by atomic mass is 10.0. The molecule has 4 rings (SSSR count). The molecule has 1 amide bonds. The number of nitrogens with zero attached hydrogens (tertiary/aromatic N) is 5. The van der Waals surface area contributed by atoms with Crippen LogP contribution >= 0.6 is 0 Å². The Balaban J connectivity index is 1.52. The zero-order valence-electron chi connectivity index (χ0n) is 21.5. The number of piperazine rings is 1. The minimum atomic E-state index is -0.0223. The largest absolute Gasteiger partial charge is 0.368 e.